The highest BCUT2D eigenvalue weighted by Gasteiger charge is 2.56. The Balaban J connectivity index is 1.34. The molecular weight excluding hydrogens is 440 g/mol. The van der Waals surface area contributed by atoms with Gasteiger partial charge in [0.2, 0.25) is 11.8 Å². The van der Waals surface area contributed by atoms with Gasteiger partial charge in [0.25, 0.3) is 0 Å². The monoisotopic (exact) mass is 464 g/mol. The van der Waals surface area contributed by atoms with Gasteiger partial charge in [0.05, 0.1) is 16.1 Å². The van der Waals surface area contributed by atoms with Crippen molar-refractivity contribution >= 4 is 45.0 Å². The van der Waals surface area contributed by atoms with E-state index in [9.17, 15) is 9.59 Å². The van der Waals surface area contributed by atoms with E-state index in [-0.39, 0.29) is 23.3 Å². The first-order chi connectivity index (χ1) is 13.4. The number of hydrogen-bond donors (Lipinski definition) is 1. The summed E-state index contributed by atoms with van der Waals surface area (Å²) in [5, 5.41) is 3.45. The number of hydrogen-bond acceptors (Lipinski definition) is 2. The maximum absolute atomic E-state index is 13.7. The molecule has 4 saturated carbocycles. The normalized spacial score (nSPS) is 36.0. The van der Waals surface area contributed by atoms with Gasteiger partial charge in [0.1, 0.15) is 6.04 Å². The van der Waals surface area contributed by atoms with Crippen molar-refractivity contribution in [1.82, 2.24) is 4.90 Å². The maximum Gasteiger partial charge on any atom is 0.247 e. The van der Waals surface area contributed by atoms with Crippen molar-refractivity contribution in [3.63, 3.8) is 0 Å². The predicted molar refractivity (Wildman–Crippen MR) is 113 cm³/mol. The summed E-state index contributed by atoms with van der Waals surface area (Å²) in [5.74, 6) is 2.33. The second-order valence-corrected chi connectivity index (χ2v) is 10.8. The molecule has 4 bridgehead atoms. The molecule has 1 aliphatic heterocycles. The van der Waals surface area contributed by atoms with Gasteiger partial charge in [-0.25, -0.2) is 0 Å². The molecule has 1 aromatic rings. The maximum atomic E-state index is 13.7. The van der Waals surface area contributed by atoms with Gasteiger partial charge in [-0.1, -0.05) is 27.5 Å². The fourth-order valence-corrected chi connectivity index (χ4v) is 7.49. The van der Waals surface area contributed by atoms with Crippen LogP contribution in [-0.4, -0.2) is 29.3 Å². The zero-order chi connectivity index (χ0) is 19.5. The van der Waals surface area contributed by atoms with E-state index in [1.165, 1.54) is 19.3 Å². The summed E-state index contributed by atoms with van der Waals surface area (Å²) in [7, 11) is 0. The minimum Gasteiger partial charge on any atom is -0.330 e. The molecule has 0 aromatic heterocycles. The molecule has 5 fully saturated rings. The first-order valence-corrected chi connectivity index (χ1v) is 11.7. The van der Waals surface area contributed by atoms with Crippen LogP contribution in [0.15, 0.2) is 22.7 Å². The predicted octanol–water partition coefficient (Wildman–Crippen LogP) is 5.25. The van der Waals surface area contributed by atoms with Gasteiger partial charge in [-0.2, -0.15) is 0 Å². The highest BCUT2D eigenvalue weighted by molar-refractivity contribution is 9.10. The number of rotatable bonds is 3. The first kappa shape index (κ1) is 18.9. The van der Waals surface area contributed by atoms with E-state index in [1.54, 1.807) is 12.1 Å². The van der Waals surface area contributed by atoms with Crippen molar-refractivity contribution in [2.75, 3.05) is 11.9 Å². The summed E-state index contributed by atoms with van der Waals surface area (Å²) < 4.78 is 0.870. The Morgan fingerprint density at radius 1 is 1.11 bits per heavy atom. The Kier molecular flexibility index (Phi) is 4.74. The molecule has 4 aliphatic carbocycles. The zero-order valence-electron chi connectivity index (χ0n) is 15.9. The zero-order valence-corrected chi connectivity index (χ0v) is 18.3. The van der Waals surface area contributed by atoms with Crippen LogP contribution < -0.4 is 5.32 Å². The molecule has 4 nitrogen and oxygen atoms in total. The summed E-state index contributed by atoms with van der Waals surface area (Å²) in [6.45, 7) is 0.701. The molecule has 1 heterocycles. The minimum absolute atomic E-state index is 0.111. The molecule has 1 atom stereocenters. The summed E-state index contributed by atoms with van der Waals surface area (Å²) in [4.78, 5) is 28.6. The molecule has 1 saturated heterocycles. The number of benzene rings is 1. The van der Waals surface area contributed by atoms with Crippen LogP contribution in [-0.2, 0) is 9.59 Å². The highest BCUT2D eigenvalue weighted by atomic mass is 79.9. The van der Waals surface area contributed by atoms with Gasteiger partial charge in [0, 0.05) is 11.0 Å². The number of carbonyl (C=O) groups is 2. The van der Waals surface area contributed by atoms with Crippen LogP contribution >= 0.6 is 27.5 Å². The quantitative estimate of drug-likeness (QED) is 0.663. The smallest absolute Gasteiger partial charge is 0.247 e. The molecule has 5 aliphatic rings. The average molecular weight is 466 g/mol. The third kappa shape index (κ3) is 3.19. The van der Waals surface area contributed by atoms with E-state index in [0.717, 1.165) is 54.3 Å². The Morgan fingerprint density at radius 2 is 1.75 bits per heavy atom. The third-order valence-corrected chi connectivity index (χ3v) is 8.30. The number of amides is 2. The fraction of sp³-hybridized carbons (Fsp3) is 0.636. The van der Waals surface area contributed by atoms with Crippen molar-refractivity contribution in [3.05, 3.63) is 27.7 Å². The van der Waals surface area contributed by atoms with Gasteiger partial charge >= 0.3 is 0 Å². The number of carbonyl (C=O) groups excluding carboxylic acids is 2. The lowest BCUT2D eigenvalue weighted by Gasteiger charge is -2.56. The molecule has 0 radical (unpaired) electrons. The largest absolute Gasteiger partial charge is 0.330 e. The van der Waals surface area contributed by atoms with Crippen molar-refractivity contribution in [2.24, 2.45) is 23.2 Å². The van der Waals surface area contributed by atoms with Gasteiger partial charge < -0.3 is 10.2 Å². The Morgan fingerprint density at radius 3 is 2.36 bits per heavy atom. The Labute approximate surface area is 179 Å². The van der Waals surface area contributed by atoms with Crippen LogP contribution in [0.3, 0.4) is 0 Å². The van der Waals surface area contributed by atoms with Crippen molar-refractivity contribution < 1.29 is 9.59 Å². The number of halogens is 2. The number of nitrogens with one attached hydrogen (secondary N) is 1. The summed E-state index contributed by atoms with van der Waals surface area (Å²) in [5.41, 5.74) is 0.413. The minimum atomic E-state index is -0.375. The summed E-state index contributed by atoms with van der Waals surface area (Å²) in [6, 6.07) is 5.05. The van der Waals surface area contributed by atoms with E-state index in [4.69, 9.17) is 11.6 Å². The van der Waals surface area contributed by atoms with Crippen molar-refractivity contribution in [2.45, 2.75) is 57.4 Å². The van der Waals surface area contributed by atoms with Crippen LogP contribution in [0.5, 0.6) is 0 Å². The van der Waals surface area contributed by atoms with Gasteiger partial charge in [0.15, 0.2) is 0 Å². The van der Waals surface area contributed by atoms with E-state index < -0.39 is 0 Å². The lowest BCUT2D eigenvalue weighted by Crippen LogP contribution is -2.56. The molecule has 28 heavy (non-hydrogen) atoms. The summed E-state index contributed by atoms with van der Waals surface area (Å²) >= 11 is 9.65. The topological polar surface area (TPSA) is 49.4 Å². The van der Waals surface area contributed by atoms with Gasteiger partial charge in [-0.15, -0.1) is 0 Å². The molecule has 6 rings (SSSR count). The average Bonchev–Trinajstić information content (AvgIpc) is 3.12. The molecule has 2 amide bonds. The van der Waals surface area contributed by atoms with E-state index in [2.05, 4.69) is 21.2 Å². The first-order valence-electron chi connectivity index (χ1n) is 10.5. The van der Waals surface area contributed by atoms with E-state index >= 15 is 0 Å². The van der Waals surface area contributed by atoms with E-state index in [0.29, 0.717) is 17.3 Å². The second kappa shape index (κ2) is 7.02. The Hall–Kier alpha value is -1.07. The molecule has 1 aromatic carbocycles. The van der Waals surface area contributed by atoms with Gasteiger partial charge in [-0.05, 0) is 87.3 Å². The lowest BCUT2D eigenvalue weighted by atomic mass is 9.49. The van der Waals surface area contributed by atoms with Crippen LogP contribution in [0, 0.1) is 23.2 Å². The molecule has 150 valence electrons. The number of anilines is 1. The van der Waals surface area contributed by atoms with E-state index in [1.807, 2.05) is 11.0 Å². The molecule has 0 unspecified atom stereocenters. The van der Waals surface area contributed by atoms with Crippen molar-refractivity contribution in [3.8, 4) is 0 Å². The van der Waals surface area contributed by atoms with Crippen LogP contribution in [0.4, 0.5) is 5.69 Å². The molecular formula is C22H26BrClN2O2. The highest BCUT2D eigenvalue weighted by Crippen LogP contribution is 2.60. The molecule has 1 N–H and O–H groups in total. The standard InChI is InChI=1S/C22H26BrClN2O2/c23-16-3-4-18(17(24)9-16)25-20(27)19-2-1-5-26(19)21(28)22-10-13-6-14(11-22)8-15(7-13)12-22/h3-4,9,13-15,19H,1-2,5-8,10-12H2,(H,25,27)/t13?,14?,15?,19-,22?/m1/s1. The fourth-order valence-electron chi connectivity index (χ4n) is 6.77. The second-order valence-electron chi connectivity index (χ2n) is 9.47. The van der Waals surface area contributed by atoms with Crippen LogP contribution in [0.1, 0.15) is 51.4 Å². The van der Waals surface area contributed by atoms with Crippen molar-refractivity contribution in [1.29, 1.82) is 0 Å². The number of nitrogens with zero attached hydrogens (tertiary/aromatic N) is 1. The Bertz CT molecular complexity index is 791. The van der Waals surface area contributed by atoms with Gasteiger partial charge in [-0.3, -0.25) is 9.59 Å². The van der Waals surface area contributed by atoms with Crippen LogP contribution in [0.2, 0.25) is 5.02 Å². The van der Waals surface area contributed by atoms with Crippen LogP contribution in [0.25, 0.3) is 0 Å². The third-order valence-electron chi connectivity index (χ3n) is 7.50. The molecule has 6 heteroatoms. The number of likely N-dealkylation sites (tertiary alicyclic amines) is 1. The molecule has 0 spiro atoms. The lowest BCUT2D eigenvalue weighted by molar-refractivity contribution is -0.160. The summed E-state index contributed by atoms with van der Waals surface area (Å²) in [6.07, 6.45) is 8.71. The SMILES string of the molecule is O=C(Nc1ccc(Br)cc1Cl)[C@H]1CCCN1C(=O)C12CC3CC(CC(C3)C1)C2.